The molecule has 20 heavy (non-hydrogen) atoms. The summed E-state index contributed by atoms with van der Waals surface area (Å²) in [5, 5.41) is 13.1. The van der Waals surface area contributed by atoms with Gasteiger partial charge in [0.25, 0.3) is 0 Å². The average Bonchev–Trinajstić information content (AvgIpc) is 2.41. The lowest BCUT2D eigenvalue weighted by Gasteiger charge is -2.34. The topological polar surface area (TPSA) is 35.5 Å². The van der Waals surface area contributed by atoms with Crippen LogP contribution in [0.25, 0.3) is 0 Å². The van der Waals surface area contributed by atoms with Gasteiger partial charge in [0, 0.05) is 31.7 Å². The number of hydrogen-bond donors (Lipinski definition) is 2. The number of phenols is 1. The maximum absolute atomic E-state index is 13.3. The highest BCUT2D eigenvalue weighted by Crippen LogP contribution is 2.36. The second-order valence-electron chi connectivity index (χ2n) is 4.26. The molecule has 1 aliphatic rings. The number of aromatic hydroxyl groups is 1. The van der Waals surface area contributed by atoms with E-state index in [1.165, 1.54) is 12.1 Å². The summed E-state index contributed by atoms with van der Waals surface area (Å²) in [7, 11) is 0. The number of piperazine rings is 1. The molecule has 8 heteroatoms. The summed E-state index contributed by atoms with van der Waals surface area (Å²) in [4.78, 5) is 1.95. The number of benzene rings is 1. The molecule has 1 aliphatic heterocycles. The van der Waals surface area contributed by atoms with Crippen molar-refractivity contribution in [3.63, 3.8) is 0 Å². The first kappa shape index (κ1) is 19.9. The highest BCUT2D eigenvalue weighted by Gasteiger charge is 2.26. The lowest BCUT2D eigenvalue weighted by molar-refractivity contribution is 0.145. The van der Waals surface area contributed by atoms with E-state index in [4.69, 9.17) is 0 Å². The number of nitrogens with zero attached hydrogens (tertiary/aromatic N) is 1. The molecule has 1 saturated heterocycles. The van der Waals surface area contributed by atoms with E-state index >= 15 is 0 Å². The quantitative estimate of drug-likeness (QED) is 0.828. The molecule has 0 amide bonds. The first-order valence-electron chi connectivity index (χ1n) is 5.82. The second-order valence-corrected chi connectivity index (χ2v) is 5.05. The van der Waals surface area contributed by atoms with E-state index < -0.39 is 18.5 Å². The van der Waals surface area contributed by atoms with E-state index in [0.29, 0.717) is 18.7 Å². The van der Waals surface area contributed by atoms with Gasteiger partial charge >= 0.3 is 0 Å². The molecular weight excluding hydrogens is 377 g/mol. The van der Waals surface area contributed by atoms with E-state index in [9.17, 15) is 13.9 Å². The molecule has 0 saturated carbocycles. The van der Waals surface area contributed by atoms with E-state index in [1.54, 1.807) is 0 Å². The molecule has 0 spiro atoms. The van der Waals surface area contributed by atoms with Crippen molar-refractivity contribution in [1.29, 1.82) is 0 Å². The number of alkyl halides is 1. The zero-order valence-electron chi connectivity index (χ0n) is 10.6. The Kier molecular flexibility index (Phi) is 8.93. The molecule has 1 aromatic rings. The maximum atomic E-state index is 13.3. The molecule has 0 bridgehead atoms. The van der Waals surface area contributed by atoms with Crippen molar-refractivity contribution < 1.29 is 13.9 Å². The van der Waals surface area contributed by atoms with Gasteiger partial charge in [-0.1, -0.05) is 6.07 Å². The lowest BCUT2D eigenvalue weighted by atomic mass is 10.0. The van der Waals surface area contributed by atoms with Crippen LogP contribution in [-0.4, -0.2) is 42.9 Å². The highest BCUT2D eigenvalue weighted by atomic mass is 79.9. The van der Waals surface area contributed by atoms with Crippen LogP contribution in [-0.2, 0) is 0 Å². The van der Waals surface area contributed by atoms with E-state index in [2.05, 4.69) is 21.2 Å². The minimum atomic E-state index is -0.606. The Morgan fingerprint density at radius 3 is 2.45 bits per heavy atom. The van der Waals surface area contributed by atoms with Crippen LogP contribution in [0.5, 0.6) is 5.75 Å². The minimum Gasteiger partial charge on any atom is -0.506 e. The zero-order chi connectivity index (χ0) is 13.1. The van der Waals surface area contributed by atoms with Crippen molar-refractivity contribution in [2.75, 3.05) is 32.9 Å². The molecule has 1 atom stereocenters. The summed E-state index contributed by atoms with van der Waals surface area (Å²) in [6, 6.07) is 2.16. The highest BCUT2D eigenvalue weighted by molar-refractivity contribution is 9.10. The molecule has 3 nitrogen and oxygen atoms in total. The van der Waals surface area contributed by atoms with E-state index in [-0.39, 0.29) is 35.0 Å². The predicted octanol–water partition coefficient (Wildman–Crippen LogP) is 3.05. The Balaban J connectivity index is 0.00000180. The van der Waals surface area contributed by atoms with Gasteiger partial charge in [-0.15, -0.1) is 24.8 Å². The first-order chi connectivity index (χ1) is 8.65. The molecule has 1 fully saturated rings. The Morgan fingerprint density at radius 2 is 1.90 bits per heavy atom. The number of phenolic OH excluding ortho intramolecular Hbond substituents is 1. The second kappa shape index (κ2) is 9.00. The fraction of sp³-hybridized carbons (Fsp3) is 0.500. The third-order valence-corrected chi connectivity index (χ3v) is 3.95. The van der Waals surface area contributed by atoms with Gasteiger partial charge in [-0.3, -0.25) is 4.90 Å². The first-order valence-corrected chi connectivity index (χ1v) is 6.62. The smallest absolute Gasteiger partial charge is 0.141 e. The van der Waals surface area contributed by atoms with Crippen LogP contribution in [0.15, 0.2) is 16.6 Å². The number of nitrogens with one attached hydrogen (secondary N) is 1. The molecule has 1 aromatic carbocycles. The average molecular weight is 394 g/mol. The Labute approximate surface area is 137 Å². The van der Waals surface area contributed by atoms with E-state index in [1.807, 2.05) is 4.90 Å². The van der Waals surface area contributed by atoms with Gasteiger partial charge in [0.2, 0.25) is 0 Å². The van der Waals surface area contributed by atoms with Crippen LogP contribution in [0.3, 0.4) is 0 Å². The van der Waals surface area contributed by atoms with Crippen molar-refractivity contribution in [3.8, 4) is 5.75 Å². The van der Waals surface area contributed by atoms with E-state index in [0.717, 1.165) is 13.1 Å². The van der Waals surface area contributed by atoms with Crippen LogP contribution < -0.4 is 5.32 Å². The van der Waals surface area contributed by atoms with Gasteiger partial charge in [0.05, 0.1) is 10.5 Å². The standard InChI is InChI=1S/C12H15BrF2N2O.2ClH/c13-11-9(15)2-1-8(12(11)18)10(7-14)17-5-3-16-4-6-17;;/h1-2,10,16,18H,3-7H2;2*1H/t10-;;/m1../s1. The van der Waals surface area contributed by atoms with Crippen molar-refractivity contribution in [3.05, 3.63) is 28.0 Å². The molecule has 2 rings (SSSR count). The van der Waals surface area contributed by atoms with Gasteiger partial charge in [-0.2, -0.15) is 0 Å². The van der Waals surface area contributed by atoms with Gasteiger partial charge in [0.15, 0.2) is 0 Å². The normalized spacial score (nSPS) is 16.9. The molecule has 0 radical (unpaired) electrons. The lowest BCUT2D eigenvalue weighted by Crippen LogP contribution is -2.45. The zero-order valence-corrected chi connectivity index (χ0v) is 13.8. The molecule has 0 aliphatic carbocycles. The number of halogens is 5. The largest absolute Gasteiger partial charge is 0.506 e. The summed E-state index contributed by atoms with van der Waals surface area (Å²) in [5.74, 6) is -0.759. The van der Waals surface area contributed by atoms with Crippen LogP contribution in [0.4, 0.5) is 8.78 Å². The fourth-order valence-corrected chi connectivity index (χ4v) is 2.56. The third kappa shape index (κ3) is 4.18. The van der Waals surface area contributed by atoms with Gasteiger partial charge in [-0.25, -0.2) is 8.78 Å². The molecule has 2 N–H and O–H groups in total. The fourth-order valence-electron chi connectivity index (χ4n) is 2.19. The third-order valence-electron chi connectivity index (χ3n) is 3.20. The van der Waals surface area contributed by atoms with Gasteiger partial charge in [-0.05, 0) is 22.0 Å². The predicted molar refractivity (Wildman–Crippen MR) is 83.4 cm³/mol. The van der Waals surface area contributed by atoms with Crippen LogP contribution in [0, 0.1) is 5.82 Å². The van der Waals surface area contributed by atoms with Crippen LogP contribution in [0.2, 0.25) is 0 Å². The van der Waals surface area contributed by atoms with Gasteiger partial charge < -0.3 is 10.4 Å². The summed E-state index contributed by atoms with van der Waals surface area (Å²) >= 11 is 2.97. The summed E-state index contributed by atoms with van der Waals surface area (Å²) in [5.41, 5.74) is 0.424. The molecule has 1 heterocycles. The number of hydrogen-bond acceptors (Lipinski definition) is 3. The summed E-state index contributed by atoms with van der Waals surface area (Å²) in [6.07, 6.45) is 0. The van der Waals surface area contributed by atoms with Crippen molar-refractivity contribution in [2.45, 2.75) is 6.04 Å². The Bertz CT molecular complexity index is 434. The molecule has 0 aromatic heterocycles. The summed E-state index contributed by atoms with van der Waals surface area (Å²) < 4.78 is 26.5. The van der Waals surface area contributed by atoms with Crippen molar-refractivity contribution in [2.24, 2.45) is 0 Å². The van der Waals surface area contributed by atoms with Crippen molar-refractivity contribution in [1.82, 2.24) is 10.2 Å². The SMILES string of the molecule is Cl.Cl.Oc1c([C@@H](CF)N2CCNCC2)ccc(F)c1Br. The van der Waals surface area contributed by atoms with Gasteiger partial charge in [0.1, 0.15) is 18.2 Å². The monoisotopic (exact) mass is 392 g/mol. The maximum Gasteiger partial charge on any atom is 0.141 e. The summed E-state index contributed by atoms with van der Waals surface area (Å²) in [6.45, 7) is 2.40. The Hall–Kier alpha value is -0.140. The molecule has 0 unspecified atom stereocenters. The molecule has 116 valence electrons. The number of rotatable bonds is 3. The van der Waals surface area contributed by atoms with Crippen molar-refractivity contribution >= 4 is 40.7 Å². The van der Waals surface area contributed by atoms with Crippen LogP contribution in [0.1, 0.15) is 11.6 Å². The molecular formula is C12H17BrCl2F2N2O. The Morgan fingerprint density at radius 1 is 1.30 bits per heavy atom. The van der Waals surface area contributed by atoms with Crippen LogP contribution >= 0.6 is 40.7 Å². The minimum absolute atomic E-state index is 0.